The molecule has 0 spiro atoms. The first-order valence-electron chi connectivity index (χ1n) is 17.5. The predicted molar refractivity (Wildman–Crippen MR) is 191 cm³/mol. The van der Waals surface area contributed by atoms with Crippen LogP contribution in [0.15, 0.2) is 78.9 Å². The monoisotopic (exact) mass is 719 g/mol. The molecule has 3 aromatic carbocycles. The van der Waals surface area contributed by atoms with Crippen LogP contribution in [0.3, 0.4) is 0 Å². The highest BCUT2D eigenvalue weighted by Gasteiger charge is 2.67. The molecule has 1 aliphatic carbocycles. The maximum absolute atomic E-state index is 14.0. The number of phenolic OH excluding ortho intramolecular Hbond substituents is 1. The van der Waals surface area contributed by atoms with Crippen LogP contribution in [-0.2, 0) is 23.5 Å². The molecule has 2 saturated heterocycles. The van der Waals surface area contributed by atoms with Gasteiger partial charge in [-0.05, 0) is 58.8 Å². The molecule has 0 radical (unpaired) electrons. The van der Waals surface area contributed by atoms with Gasteiger partial charge in [-0.3, -0.25) is 19.3 Å². The highest BCUT2D eigenvalue weighted by molar-refractivity contribution is 6.99. The van der Waals surface area contributed by atoms with Crippen molar-refractivity contribution < 1.29 is 38.9 Å². The number of aliphatic carboxylic acids is 1. The molecule has 2 heterocycles. The van der Waals surface area contributed by atoms with Gasteiger partial charge in [-0.15, -0.1) is 0 Å². The Bertz CT molecular complexity index is 1680. The van der Waals surface area contributed by atoms with Gasteiger partial charge in [-0.2, -0.15) is 0 Å². The van der Waals surface area contributed by atoms with Crippen LogP contribution in [0.25, 0.3) is 0 Å². The van der Waals surface area contributed by atoms with Gasteiger partial charge in [0, 0.05) is 31.4 Å². The highest BCUT2D eigenvalue weighted by Crippen LogP contribution is 2.59. The van der Waals surface area contributed by atoms with Gasteiger partial charge in [-0.1, -0.05) is 106 Å². The molecular weight excluding hydrogens is 674 g/mol. The molecule has 0 bridgehead atoms. The Kier molecular flexibility index (Phi) is 10.3. The maximum Gasteiger partial charge on any atom is 0.303 e. The fourth-order valence-corrected chi connectivity index (χ4v) is 13.5. The smallest absolute Gasteiger partial charge is 0.303 e. The quantitative estimate of drug-likeness (QED) is 0.124. The van der Waals surface area contributed by atoms with Crippen molar-refractivity contribution in [2.24, 2.45) is 23.7 Å². The minimum Gasteiger partial charge on any atom is -0.508 e. The summed E-state index contributed by atoms with van der Waals surface area (Å²) in [5.41, 5.74) is 0.586. The molecular formula is C39H46ClNO8Si. The Balaban J connectivity index is 1.36. The van der Waals surface area contributed by atoms with E-state index in [4.69, 9.17) is 25.9 Å². The van der Waals surface area contributed by atoms with Gasteiger partial charge in [0.05, 0.1) is 23.0 Å². The minimum atomic E-state index is -3.04. The third kappa shape index (κ3) is 6.52. The summed E-state index contributed by atoms with van der Waals surface area (Å²) in [6.07, 6.45) is 1.35. The average Bonchev–Trinajstić information content (AvgIpc) is 3.54. The molecule has 11 heteroatoms. The van der Waals surface area contributed by atoms with Crippen LogP contribution in [-0.4, -0.2) is 65.3 Å². The molecule has 50 heavy (non-hydrogen) atoms. The largest absolute Gasteiger partial charge is 0.508 e. The Hall–Kier alpha value is -3.54. The van der Waals surface area contributed by atoms with Crippen LogP contribution >= 0.6 is 11.6 Å². The molecule has 0 unspecified atom stereocenters. The van der Waals surface area contributed by atoms with Gasteiger partial charge < -0.3 is 24.5 Å². The van der Waals surface area contributed by atoms with E-state index in [2.05, 4.69) is 45.0 Å². The zero-order valence-corrected chi connectivity index (χ0v) is 30.5. The molecule has 2 amide bonds. The second-order valence-electron chi connectivity index (χ2n) is 15.0. The second kappa shape index (κ2) is 14.2. The number of nitrogens with zero attached hydrogens (tertiary/aromatic N) is 1. The molecule has 6 rings (SSSR count). The average molecular weight is 720 g/mol. The number of aliphatic hydroxyl groups is 1. The van der Waals surface area contributed by atoms with Crippen molar-refractivity contribution in [2.45, 2.75) is 76.2 Å². The van der Waals surface area contributed by atoms with E-state index >= 15 is 0 Å². The fourth-order valence-electron chi connectivity index (χ4n) is 8.64. The third-order valence-electron chi connectivity index (χ3n) is 11.0. The number of hydrogen-bond acceptors (Lipinski definition) is 7. The topological polar surface area (TPSA) is 134 Å². The molecule has 266 valence electrons. The van der Waals surface area contributed by atoms with Gasteiger partial charge in [0.25, 0.3) is 8.32 Å². The molecule has 3 aliphatic rings. The second-order valence-corrected chi connectivity index (χ2v) is 19.7. The van der Waals surface area contributed by atoms with E-state index < -0.39 is 49.8 Å². The number of phenols is 1. The molecule has 9 nitrogen and oxygen atoms in total. The zero-order chi connectivity index (χ0) is 35.8. The minimum absolute atomic E-state index is 0.0000761. The summed E-state index contributed by atoms with van der Waals surface area (Å²) in [4.78, 5) is 40.3. The number of fused-ring (bicyclic) bond motifs is 3. The van der Waals surface area contributed by atoms with Crippen LogP contribution in [0.4, 0.5) is 0 Å². The number of aromatic hydroxyl groups is 1. The van der Waals surface area contributed by atoms with Crippen LogP contribution < -0.4 is 10.4 Å². The fraction of sp³-hybridized carbons (Fsp3) is 0.462. The van der Waals surface area contributed by atoms with E-state index in [0.29, 0.717) is 24.8 Å². The van der Waals surface area contributed by atoms with Crippen LogP contribution in [0.1, 0.15) is 71.0 Å². The van der Waals surface area contributed by atoms with Crippen molar-refractivity contribution in [2.75, 3.05) is 13.2 Å². The number of halogens is 1. The SMILES string of the molecule is CC(C)(C)[Si](OC[C@H]1C[C@@H]2C(=O)N(CCCCCC(=O)O)C(=O)[C@@H]2[C@@H]2C[C@@H](c3ccc(O)cc3Cl)O[C@]12O)(c1ccccc1)c1ccccc1. The van der Waals surface area contributed by atoms with Gasteiger partial charge in [-0.25, -0.2) is 0 Å². The van der Waals surface area contributed by atoms with Crippen LogP contribution in [0, 0.1) is 23.7 Å². The lowest BCUT2D eigenvalue weighted by atomic mass is 9.64. The lowest BCUT2D eigenvalue weighted by Gasteiger charge is -2.48. The van der Waals surface area contributed by atoms with Crippen LogP contribution in [0.2, 0.25) is 10.1 Å². The van der Waals surface area contributed by atoms with Crippen molar-refractivity contribution in [3.05, 3.63) is 89.4 Å². The summed E-state index contributed by atoms with van der Waals surface area (Å²) in [7, 11) is -3.04. The molecule has 2 aliphatic heterocycles. The van der Waals surface area contributed by atoms with E-state index in [0.717, 1.165) is 10.4 Å². The van der Waals surface area contributed by atoms with Crippen molar-refractivity contribution in [3.8, 4) is 5.75 Å². The summed E-state index contributed by atoms with van der Waals surface area (Å²) in [6.45, 7) is 6.82. The molecule has 3 aromatic rings. The summed E-state index contributed by atoms with van der Waals surface area (Å²) in [6, 6.07) is 25.0. The molecule has 3 N–H and O–H groups in total. The number of imide groups is 1. The van der Waals surface area contributed by atoms with Crippen LogP contribution in [0.5, 0.6) is 5.75 Å². The number of likely N-dealkylation sites (tertiary alicyclic amines) is 1. The van der Waals surface area contributed by atoms with E-state index in [1.54, 1.807) is 6.07 Å². The van der Waals surface area contributed by atoms with Gasteiger partial charge in [0.2, 0.25) is 11.8 Å². The number of carboxylic acid groups (broad SMARTS) is 1. The van der Waals surface area contributed by atoms with E-state index in [-0.39, 0.29) is 60.0 Å². The van der Waals surface area contributed by atoms with Crippen molar-refractivity contribution in [1.82, 2.24) is 4.90 Å². The number of amides is 2. The predicted octanol–water partition coefficient (Wildman–Crippen LogP) is 5.65. The number of carbonyl (C=O) groups excluding carboxylic acids is 2. The molecule has 1 saturated carbocycles. The van der Waals surface area contributed by atoms with E-state index in [1.807, 2.05) is 36.4 Å². The Labute approximate surface area is 299 Å². The van der Waals surface area contributed by atoms with Crippen molar-refractivity contribution in [3.63, 3.8) is 0 Å². The van der Waals surface area contributed by atoms with E-state index in [1.165, 1.54) is 17.0 Å². The van der Waals surface area contributed by atoms with Crippen molar-refractivity contribution in [1.29, 1.82) is 0 Å². The number of hydrogen-bond donors (Lipinski definition) is 3. The lowest BCUT2D eigenvalue weighted by molar-refractivity contribution is -0.273. The summed E-state index contributed by atoms with van der Waals surface area (Å²) < 4.78 is 13.9. The third-order valence-corrected chi connectivity index (χ3v) is 16.3. The number of ether oxygens (including phenoxy) is 1. The Morgan fingerprint density at radius 2 is 1.60 bits per heavy atom. The highest BCUT2D eigenvalue weighted by atomic mass is 35.5. The number of rotatable bonds is 12. The zero-order valence-electron chi connectivity index (χ0n) is 28.8. The van der Waals surface area contributed by atoms with Gasteiger partial charge in [0.1, 0.15) is 5.75 Å². The number of carboxylic acids is 1. The Morgan fingerprint density at radius 1 is 0.960 bits per heavy atom. The normalized spacial score (nSPS) is 26.6. The Morgan fingerprint density at radius 3 is 2.18 bits per heavy atom. The standard InChI is InChI=1S/C39H46ClNO8Si/c1-38(2,3)50(27-13-7-4-8-14-27,28-15-9-5-10-16-28)48-24-25-21-30-35(37(46)41(36(30)45)20-12-6-11-17-34(43)44)31-23-33(49-39(25,31)47)29-19-18-26(42)22-32(29)40/h4-5,7-10,13-16,18-19,22,25,30-31,33,35,42,47H,6,11-12,17,20-21,23-24H2,1-3H3,(H,43,44)/t25-,30+,31+,33+,35+,39-/m1/s1. The summed E-state index contributed by atoms with van der Waals surface area (Å²) in [5, 5.41) is 33.9. The lowest BCUT2D eigenvalue weighted by Crippen LogP contribution is -2.67. The van der Waals surface area contributed by atoms with E-state index in [9.17, 15) is 24.6 Å². The summed E-state index contributed by atoms with van der Waals surface area (Å²) in [5.74, 6) is -6.06. The first-order valence-corrected chi connectivity index (χ1v) is 19.8. The number of carbonyl (C=O) groups is 3. The first kappa shape index (κ1) is 36.3. The first-order chi connectivity index (χ1) is 23.8. The molecule has 0 aromatic heterocycles. The molecule has 3 fully saturated rings. The maximum atomic E-state index is 14.0. The van der Waals surface area contributed by atoms with Gasteiger partial charge >= 0.3 is 5.97 Å². The van der Waals surface area contributed by atoms with Gasteiger partial charge in [0.15, 0.2) is 5.79 Å². The number of benzene rings is 3. The number of unbranched alkanes of at least 4 members (excludes halogenated alkanes) is 2. The summed E-state index contributed by atoms with van der Waals surface area (Å²) >= 11 is 6.58. The molecule has 6 atom stereocenters. The van der Waals surface area contributed by atoms with Crippen molar-refractivity contribution >= 4 is 48.1 Å².